The number of hydrazine groups is 1. The van der Waals surface area contributed by atoms with Crippen LogP contribution in [0.15, 0.2) is 23.1 Å². The van der Waals surface area contributed by atoms with E-state index in [0.717, 1.165) is 18.2 Å². The molecule has 0 aliphatic heterocycles. The lowest BCUT2D eigenvalue weighted by Crippen LogP contribution is -2.33. The second-order valence-corrected chi connectivity index (χ2v) is 7.78. The number of anilines is 1. The molecule has 0 saturated carbocycles. The molecule has 0 aromatic heterocycles. The molecule has 118 valence electrons. The van der Waals surface area contributed by atoms with Gasteiger partial charge in [0, 0.05) is 41.0 Å². The second-order valence-electron chi connectivity index (χ2n) is 4.24. The van der Waals surface area contributed by atoms with E-state index in [2.05, 4.69) is 10.1 Å². The number of nitrogen functional groups attached to an aromatic ring is 1. The summed E-state index contributed by atoms with van der Waals surface area (Å²) in [5, 5.41) is 10.3. The standard InChI is InChI=1S/C10H16N4O5S2/c1-7(20(2)17)6-12-21(18,19)10-4-3-8(14(15)16)5-9(10)13-11/h3-5,7,12-13H,6,11H2,1-2H3. The Morgan fingerprint density at radius 3 is 2.57 bits per heavy atom. The average Bonchev–Trinajstić information content (AvgIpc) is 2.43. The number of nitro groups is 1. The summed E-state index contributed by atoms with van der Waals surface area (Å²) in [6.45, 7) is 1.61. The summed E-state index contributed by atoms with van der Waals surface area (Å²) in [6.07, 6.45) is 1.47. The van der Waals surface area contributed by atoms with Crippen molar-refractivity contribution in [3.05, 3.63) is 28.3 Å². The predicted octanol–water partition coefficient (Wildman–Crippen LogP) is -0.0743. The Kier molecular flexibility index (Phi) is 5.78. The molecule has 0 bridgehead atoms. The molecule has 0 aliphatic carbocycles. The number of sulfonamides is 1. The number of nitrogens with two attached hydrogens (primary N) is 1. The summed E-state index contributed by atoms with van der Waals surface area (Å²) in [6, 6.07) is 3.18. The van der Waals surface area contributed by atoms with Crippen molar-refractivity contribution in [2.75, 3.05) is 18.2 Å². The normalized spacial score (nSPS) is 14.4. The fourth-order valence-corrected chi connectivity index (χ4v) is 3.10. The molecular weight excluding hydrogens is 320 g/mol. The third kappa shape index (κ3) is 4.46. The lowest BCUT2D eigenvalue weighted by molar-refractivity contribution is -0.384. The summed E-state index contributed by atoms with van der Waals surface area (Å²) in [4.78, 5) is 9.78. The molecule has 9 nitrogen and oxygen atoms in total. The van der Waals surface area contributed by atoms with E-state index in [0.29, 0.717) is 0 Å². The third-order valence-corrected chi connectivity index (χ3v) is 5.53. The zero-order valence-corrected chi connectivity index (χ0v) is 13.0. The van der Waals surface area contributed by atoms with Gasteiger partial charge in [0.2, 0.25) is 10.0 Å². The van der Waals surface area contributed by atoms with Crippen LogP contribution in [0.25, 0.3) is 0 Å². The van der Waals surface area contributed by atoms with Crippen molar-refractivity contribution in [3.8, 4) is 0 Å². The number of benzene rings is 1. The smallest absolute Gasteiger partial charge is 0.271 e. The van der Waals surface area contributed by atoms with Gasteiger partial charge in [0.15, 0.2) is 0 Å². The Morgan fingerprint density at radius 2 is 2.10 bits per heavy atom. The predicted molar refractivity (Wildman–Crippen MR) is 79.6 cm³/mol. The van der Waals surface area contributed by atoms with E-state index >= 15 is 0 Å². The lowest BCUT2D eigenvalue weighted by atomic mass is 10.3. The molecule has 0 spiro atoms. The maximum Gasteiger partial charge on any atom is 0.271 e. The average molecular weight is 336 g/mol. The maximum absolute atomic E-state index is 12.1. The van der Waals surface area contributed by atoms with Crippen LogP contribution < -0.4 is 16.0 Å². The Morgan fingerprint density at radius 1 is 1.48 bits per heavy atom. The Hall–Kier alpha value is -1.56. The minimum atomic E-state index is -3.92. The highest BCUT2D eigenvalue weighted by atomic mass is 32.2. The second kappa shape index (κ2) is 6.93. The summed E-state index contributed by atoms with van der Waals surface area (Å²) in [5.41, 5.74) is 1.74. The van der Waals surface area contributed by atoms with E-state index in [4.69, 9.17) is 5.84 Å². The van der Waals surface area contributed by atoms with Gasteiger partial charge in [-0.3, -0.25) is 20.2 Å². The molecule has 1 rings (SSSR count). The Bertz CT molecular complexity index is 661. The number of rotatable bonds is 7. The van der Waals surface area contributed by atoms with Gasteiger partial charge in [-0.1, -0.05) is 0 Å². The highest BCUT2D eigenvalue weighted by Gasteiger charge is 2.22. The van der Waals surface area contributed by atoms with E-state index in [-0.39, 0.29) is 28.1 Å². The van der Waals surface area contributed by atoms with Gasteiger partial charge < -0.3 is 5.43 Å². The molecule has 2 atom stereocenters. The van der Waals surface area contributed by atoms with Crippen LogP contribution >= 0.6 is 0 Å². The topological polar surface area (TPSA) is 144 Å². The number of hydrogen-bond donors (Lipinski definition) is 3. The molecular formula is C10H16N4O5S2. The first kappa shape index (κ1) is 17.5. The molecule has 0 fully saturated rings. The maximum atomic E-state index is 12.1. The van der Waals surface area contributed by atoms with Gasteiger partial charge >= 0.3 is 0 Å². The Labute approximate surface area is 124 Å². The molecule has 2 unspecified atom stereocenters. The minimum Gasteiger partial charge on any atom is -0.323 e. The van der Waals surface area contributed by atoms with Gasteiger partial charge in [-0.05, 0) is 13.0 Å². The van der Waals surface area contributed by atoms with Gasteiger partial charge in [-0.15, -0.1) is 0 Å². The largest absolute Gasteiger partial charge is 0.323 e. The third-order valence-electron chi connectivity index (χ3n) is 2.75. The van der Waals surface area contributed by atoms with Crippen molar-refractivity contribution < 1.29 is 17.6 Å². The number of nitrogens with one attached hydrogen (secondary N) is 2. The van der Waals surface area contributed by atoms with Gasteiger partial charge in [-0.25, -0.2) is 13.1 Å². The number of nitro benzene ring substituents is 1. The van der Waals surface area contributed by atoms with E-state index in [1.165, 1.54) is 6.26 Å². The summed E-state index contributed by atoms with van der Waals surface area (Å²) in [7, 11) is -5.10. The van der Waals surface area contributed by atoms with Crippen LogP contribution in [0.3, 0.4) is 0 Å². The number of nitrogens with zero attached hydrogens (tertiary/aromatic N) is 1. The SMILES string of the molecule is CC(CNS(=O)(=O)c1ccc([N+](=O)[O-])cc1NN)S(C)=O. The lowest BCUT2D eigenvalue weighted by Gasteiger charge is -2.13. The monoisotopic (exact) mass is 336 g/mol. The van der Waals surface area contributed by atoms with Crippen molar-refractivity contribution in [2.45, 2.75) is 17.1 Å². The molecule has 0 heterocycles. The van der Waals surface area contributed by atoms with Crippen molar-refractivity contribution in [3.63, 3.8) is 0 Å². The fourth-order valence-electron chi connectivity index (χ4n) is 1.40. The zero-order valence-electron chi connectivity index (χ0n) is 11.4. The van der Waals surface area contributed by atoms with Crippen LogP contribution in [-0.2, 0) is 20.8 Å². The van der Waals surface area contributed by atoms with Crippen LogP contribution in [0.5, 0.6) is 0 Å². The van der Waals surface area contributed by atoms with Crippen LogP contribution in [0, 0.1) is 10.1 Å². The van der Waals surface area contributed by atoms with Crippen LogP contribution in [-0.4, -0.2) is 35.6 Å². The van der Waals surface area contributed by atoms with E-state index in [9.17, 15) is 22.7 Å². The zero-order chi connectivity index (χ0) is 16.2. The molecule has 4 N–H and O–H groups in total. The molecule has 21 heavy (non-hydrogen) atoms. The van der Waals surface area contributed by atoms with Gasteiger partial charge in [-0.2, -0.15) is 0 Å². The van der Waals surface area contributed by atoms with Gasteiger partial charge in [0.05, 0.1) is 10.6 Å². The van der Waals surface area contributed by atoms with E-state index < -0.39 is 25.7 Å². The first-order valence-corrected chi connectivity index (χ1v) is 8.86. The first-order chi connectivity index (χ1) is 9.69. The van der Waals surface area contributed by atoms with Gasteiger partial charge in [0.25, 0.3) is 5.69 Å². The fraction of sp³-hybridized carbons (Fsp3) is 0.400. The van der Waals surface area contributed by atoms with Crippen molar-refractivity contribution in [1.82, 2.24) is 4.72 Å². The van der Waals surface area contributed by atoms with Crippen molar-refractivity contribution >= 4 is 32.2 Å². The summed E-state index contributed by atoms with van der Waals surface area (Å²) >= 11 is 0. The van der Waals surface area contributed by atoms with Crippen LogP contribution in [0.4, 0.5) is 11.4 Å². The minimum absolute atomic E-state index is 0.0214. The summed E-state index contributed by atoms with van der Waals surface area (Å²) < 4.78 is 37.8. The van der Waals surface area contributed by atoms with E-state index in [1.807, 2.05) is 0 Å². The molecule has 0 saturated heterocycles. The van der Waals surface area contributed by atoms with Crippen molar-refractivity contribution in [2.24, 2.45) is 5.84 Å². The highest BCUT2D eigenvalue weighted by molar-refractivity contribution is 7.89. The summed E-state index contributed by atoms with van der Waals surface area (Å²) in [5.74, 6) is 5.21. The number of hydrogen-bond acceptors (Lipinski definition) is 7. The molecule has 0 aliphatic rings. The molecule has 0 radical (unpaired) electrons. The highest BCUT2D eigenvalue weighted by Crippen LogP contribution is 2.25. The van der Waals surface area contributed by atoms with Crippen LogP contribution in [0.1, 0.15) is 6.92 Å². The quantitative estimate of drug-likeness (QED) is 0.359. The Balaban J connectivity index is 3.08. The molecule has 1 aromatic rings. The number of non-ortho nitro benzene ring substituents is 1. The molecule has 1 aromatic carbocycles. The van der Waals surface area contributed by atoms with Crippen molar-refractivity contribution in [1.29, 1.82) is 0 Å². The van der Waals surface area contributed by atoms with Crippen LogP contribution in [0.2, 0.25) is 0 Å². The van der Waals surface area contributed by atoms with E-state index in [1.54, 1.807) is 6.92 Å². The first-order valence-electron chi connectivity index (χ1n) is 5.76. The molecule has 11 heteroatoms. The molecule has 0 amide bonds. The van der Waals surface area contributed by atoms with Gasteiger partial charge in [0.1, 0.15) is 4.90 Å².